The van der Waals surface area contributed by atoms with Crippen molar-refractivity contribution in [1.29, 1.82) is 0 Å². The van der Waals surface area contributed by atoms with E-state index in [-0.39, 0.29) is 17.2 Å². The molecule has 2 aromatic rings. The smallest absolute Gasteiger partial charge is 0.338 e. The van der Waals surface area contributed by atoms with Crippen LogP contribution in [0.3, 0.4) is 0 Å². The molecule has 0 unspecified atom stereocenters. The van der Waals surface area contributed by atoms with Gasteiger partial charge in [-0.1, -0.05) is 23.7 Å². The highest BCUT2D eigenvalue weighted by molar-refractivity contribution is 6.30. The number of non-ortho nitro benzene ring substituents is 1. The zero-order valence-corrected chi connectivity index (χ0v) is 14.1. The number of nitro groups is 1. The number of benzene rings is 2. The zero-order valence-electron chi connectivity index (χ0n) is 13.3. The molecule has 0 saturated heterocycles. The summed E-state index contributed by atoms with van der Waals surface area (Å²) in [6.45, 7) is -0.0645. The second kappa shape index (κ2) is 8.25. The van der Waals surface area contributed by atoms with E-state index in [0.29, 0.717) is 11.6 Å². The van der Waals surface area contributed by atoms with Crippen molar-refractivity contribution < 1.29 is 19.2 Å². The fraction of sp³-hybridized carbons (Fsp3) is 0.176. The minimum atomic E-state index is -0.719. The van der Waals surface area contributed by atoms with Crippen LogP contribution in [0.4, 0.5) is 5.69 Å². The Morgan fingerprint density at radius 1 is 1.12 bits per heavy atom. The summed E-state index contributed by atoms with van der Waals surface area (Å²) >= 11 is 5.81. The average molecular weight is 363 g/mol. The molecule has 0 atom stereocenters. The van der Waals surface area contributed by atoms with Gasteiger partial charge in [0.15, 0.2) is 6.61 Å². The van der Waals surface area contributed by atoms with E-state index in [9.17, 15) is 19.7 Å². The Morgan fingerprint density at radius 3 is 2.28 bits per heavy atom. The number of hydrogen-bond acceptors (Lipinski definition) is 5. The van der Waals surface area contributed by atoms with E-state index in [4.69, 9.17) is 16.3 Å². The Bertz CT molecular complexity index is 775. The molecule has 2 aromatic carbocycles. The number of nitro benzene ring substituents is 1. The maximum atomic E-state index is 12.0. The fourth-order valence-corrected chi connectivity index (χ4v) is 2.12. The van der Waals surface area contributed by atoms with Crippen molar-refractivity contribution in [2.24, 2.45) is 0 Å². The van der Waals surface area contributed by atoms with Gasteiger partial charge in [-0.3, -0.25) is 14.9 Å². The minimum Gasteiger partial charge on any atom is -0.452 e. The molecule has 0 N–H and O–H groups in total. The third-order valence-electron chi connectivity index (χ3n) is 3.40. The number of nitrogens with zero attached hydrogens (tertiary/aromatic N) is 2. The lowest BCUT2D eigenvalue weighted by Gasteiger charge is -2.17. The summed E-state index contributed by atoms with van der Waals surface area (Å²) in [5, 5.41) is 11.2. The number of carbonyl (C=O) groups is 2. The predicted octanol–water partition coefficient (Wildman–Crippen LogP) is 3.06. The van der Waals surface area contributed by atoms with Crippen LogP contribution in [0.5, 0.6) is 0 Å². The van der Waals surface area contributed by atoms with Gasteiger partial charge in [-0.25, -0.2) is 4.79 Å². The lowest BCUT2D eigenvalue weighted by molar-refractivity contribution is -0.384. The van der Waals surface area contributed by atoms with Crippen molar-refractivity contribution in [2.75, 3.05) is 13.7 Å². The highest BCUT2D eigenvalue weighted by atomic mass is 35.5. The normalized spacial score (nSPS) is 10.2. The molecule has 1 amide bonds. The molecule has 130 valence electrons. The van der Waals surface area contributed by atoms with E-state index >= 15 is 0 Å². The van der Waals surface area contributed by atoms with Crippen molar-refractivity contribution >= 4 is 29.2 Å². The van der Waals surface area contributed by atoms with Crippen LogP contribution >= 0.6 is 11.6 Å². The van der Waals surface area contributed by atoms with Crippen LogP contribution in [0.1, 0.15) is 15.9 Å². The van der Waals surface area contributed by atoms with Crippen LogP contribution in [-0.4, -0.2) is 35.4 Å². The Labute approximate surface area is 148 Å². The molecule has 0 aliphatic rings. The van der Waals surface area contributed by atoms with E-state index < -0.39 is 17.5 Å². The third-order valence-corrected chi connectivity index (χ3v) is 3.65. The van der Waals surface area contributed by atoms with Gasteiger partial charge in [0.25, 0.3) is 11.6 Å². The van der Waals surface area contributed by atoms with Gasteiger partial charge in [-0.05, 0) is 29.8 Å². The molecular formula is C17H15ClN2O5. The summed E-state index contributed by atoms with van der Waals surface area (Å²) in [6, 6.07) is 12.0. The van der Waals surface area contributed by atoms with Gasteiger partial charge in [0.2, 0.25) is 0 Å². The first kappa shape index (κ1) is 18.4. The summed E-state index contributed by atoms with van der Waals surface area (Å²) in [5.41, 5.74) is 0.899. The molecule has 0 radical (unpaired) electrons. The lowest BCUT2D eigenvalue weighted by Crippen LogP contribution is -2.30. The maximum absolute atomic E-state index is 12.0. The predicted molar refractivity (Wildman–Crippen MR) is 91.3 cm³/mol. The number of amides is 1. The average Bonchev–Trinajstić information content (AvgIpc) is 2.61. The summed E-state index contributed by atoms with van der Waals surface area (Å²) < 4.78 is 4.95. The van der Waals surface area contributed by atoms with E-state index in [2.05, 4.69) is 0 Å². The van der Waals surface area contributed by atoms with Crippen LogP contribution < -0.4 is 0 Å². The van der Waals surface area contributed by atoms with Crippen LogP contribution in [-0.2, 0) is 16.1 Å². The Balaban J connectivity index is 1.86. The molecule has 0 aliphatic heterocycles. The van der Waals surface area contributed by atoms with E-state index in [1.54, 1.807) is 31.3 Å². The van der Waals surface area contributed by atoms with Gasteiger partial charge in [-0.2, -0.15) is 0 Å². The largest absolute Gasteiger partial charge is 0.452 e. The molecule has 0 fully saturated rings. The van der Waals surface area contributed by atoms with Gasteiger partial charge >= 0.3 is 5.97 Å². The van der Waals surface area contributed by atoms with Gasteiger partial charge in [0, 0.05) is 30.7 Å². The second-order valence-corrected chi connectivity index (χ2v) is 5.69. The van der Waals surface area contributed by atoms with E-state index in [0.717, 1.165) is 5.56 Å². The van der Waals surface area contributed by atoms with Crippen molar-refractivity contribution in [2.45, 2.75) is 6.54 Å². The van der Waals surface area contributed by atoms with Gasteiger partial charge in [0.05, 0.1) is 10.5 Å². The Hall–Kier alpha value is -2.93. The zero-order chi connectivity index (χ0) is 18.4. The number of hydrogen-bond donors (Lipinski definition) is 0. The summed E-state index contributed by atoms with van der Waals surface area (Å²) in [7, 11) is 1.59. The van der Waals surface area contributed by atoms with Crippen molar-refractivity contribution in [3.05, 3.63) is 74.8 Å². The number of likely N-dealkylation sites (N-methyl/N-ethyl adjacent to an activating group) is 1. The summed E-state index contributed by atoms with van der Waals surface area (Å²) in [6.07, 6.45) is 0. The monoisotopic (exact) mass is 362 g/mol. The lowest BCUT2D eigenvalue weighted by atomic mass is 10.2. The first-order valence-electron chi connectivity index (χ1n) is 7.27. The van der Waals surface area contributed by atoms with Crippen molar-refractivity contribution in [3.8, 4) is 0 Å². The molecule has 0 saturated carbocycles. The van der Waals surface area contributed by atoms with Crippen LogP contribution in [0.15, 0.2) is 48.5 Å². The molecule has 8 heteroatoms. The SMILES string of the molecule is CN(Cc1ccc(Cl)cc1)C(=O)COC(=O)c1ccc([N+](=O)[O-])cc1. The molecule has 25 heavy (non-hydrogen) atoms. The van der Waals surface area contributed by atoms with Crippen molar-refractivity contribution in [1.82, 2.24) is 4.90 Å². The van der Waals surface area contributed by atoms with Gasteiger partial charge in [-0.15, -0.1) is 0 Å². The van der Waals surface area contributed by atoms with Gasteiger partial charge in [0.1, 0.15) is 0 Å². The van der Waals surface area contributed by atoms with Crippen LogP contribution in [0.25, 0.3) is 0 Å². The molecule has 7 nitrogen and oxygen atoms in total. The van der Waals surface area contributed by atoms with E-state index in [1.807, 2.05) is 0 Å². The number of esters is 1. The number of ether oxygens (including phenoxy) is 1. The molecule has 0 bridgehead atoms. The minimum absolute atomic E-state index is 0.129. The standard InChI is InChI=1S/C17H15ClN2O5/c1-19(10-12-2-6-14(18)7-3-12)16(21)11-25-17(22)13-4-8-15(9-5-13)20(23)24/h2-9H,10-11H2,1H3. The molecule has 0 aliphatic carbocycles. The van der Waals surface area contributed by atoms with Crippen LogP contribution in [0, 0.1) is 10.1 Å². The first-order chi connectivity index (χ1) is 11.9. The Morgan fingerprint density at radius 2 is 1.72 bits per heavy atom. The summed E-state index contributed by atoms with van der Waals surface area (Å²) in [4.78, 5) is 35.3. The van der Waals surface area contributed by atoms with Gasteiger partial charge < -0.3 is 9.64 Å². The van der Waals surface area contributed by atoms with Crippen molar-refractivity contribution in [3.63, 3.8) is 0 Å². The second-order valence-electron chi connectivity index (χ2n) is 5.26. The Kier molecular flexibility index (Phi) is 6.08. The molecular weight excluding hydrogens is 348 g/mol. The quantitative estimate of drug-likeness (QED) is 0.447. The van der Waals surface area contributed by atoms with Crippen LogP contribution in [0.2, 0.25) is 5.02 Å². The molecule has 0 heterocycles. The van der Waals surface area contributed by atoms with E-state index in [1.165, 1.54) is 29.2 Å². The molecule has 0 spiro atoms. The first-order valence-corrected chi connectivity index (χ1v) is 7.64. The highest BCUT2D eigenvalue weighted by Crippen LogP contribution is 2.13. The maximum Gasteiger partial charge on any atom is 0.338 e. The topological polar surface area (TPSA) is 89.8 Å². The highest BCUT2D eigenvalue weighted by Gasteiger charge is 2.15. The molecule has 0 aromatic heterocycles. The summed E-state index contributed by atoms with van der Waals surface area (Å²) in [5.74, 6) is -1.09. The third kappa shape index (κ3) is 5.29. The number of carbonyl (C=O) groups excluding carboxylic acids is 2. The fourth-order valence-electron chi connectivity index (χ4n) is 1.99. The number of halogens is 1. The molecule has 2 rings (SSSR count). The number of rotatable bonds is 6.